The zero-order valence-electron chi connectivity index (χ0n) is 9.03. The third-order valence-electron chi connectivity index (χ3n) is 1.82. The van der Waals surface area contributed by atoms with Gasteiger partial charge in [0.2, 0.25) is 0 Å². The molecule has 1 aromatic carbocycles. The van der Waals surface area contributed by atoms with Gasteiger partial charge in [0.25, 0.3) is 5.91 Å². The monoisotopic (exact) mass is 222 g/mol. The Morgan fingerprint density at radius 3 is 2.56 bits per heavy atom. The molecule has 0 heterocycles. The van der Waals surface area contributed by atoms with Crippen molar-refractivity contribution in [2.75, 3.05) is 13.7 Å². The molecule has 1 rings (SSSR count). The molecule has 5 nitrogen and oxygen atoms in total. The minimum absolute atomic E-state index is 0.126. The fourth-order valence-electron chi connectivity index (χ4n) is 1.12. The molecule has 0 bridgehead atoms. The van der Waals surface area contributed by atoms with Crippen LogP contribution >= 0.6 is 0 Å². The molecule has 0 unspecified atom stereocenters. The molecule has 0 saturated carbocycles. The largest absolute Gasteiger partial charge is 0.375 e. The molecule has 2 N–H and O–H groups in total. The van der Waals surface area contributed by atoms with Gasteiger partial charge in [0.05, 0.1) is 0 Å². The van der Waals surface area contributed by atoms with Crippen LogP contribution in [0, 0.1) is 0 Å². The van der Waals surface area contributed by atoms with Gasteiger partial charge in [0, 0.05) is 13.7 Å². The van der Waals surface area contributed by atoms with Gasteiger partial charge in [0.1, 0.15) is 6.61 Å². The number of hydrogen-bond acceptors (Lipinski definition) is 3. The SMILES string of the molecule is COCC(=O)NC(=O)NCc1ccccc1. The van der Waals surface area contributed by atoms with Gasteiger partial charge in [-0.25, -0.2) is 4.79 Å². The summed E-state index contributed by atoms with van der Waals surface area (Å²) in [6, 6.07) is 8.90. The van der Waals surface area contributed by atoms with Crippen molar-refractivity contribution in [2.45, 2.75) is 6.54 Å². The van der Waals surface area contributed by atoms with Gasteiger partial charge in [-0.2, -0.15) is 0 Å². The van der Waals surface area contributed by atoms with Crippen molar-refractivity contribution < 1.29 is 14.3 Å². The maximum Gasteiger partial charge on any atom is 0.321 e. The molecular weight excluding hydrogens is 208 g/mol. The highest BCUT2D eigenvalue weighted by Crippen LogP contribution is 1.96. The van der Waals surface area contributed by atoms with Crippen LogP contribution in [0.2, 0.25) is 0 Å². The number of carbonyl (C=O) groups is 2. The van der Waals surface area contributed by atoms with Crippen molar-refractivity contribution >= 4 is 11.9 Å². The highest BCUT2D eigenvalue weighted by Gasteiger charge is 2.05. The second-order valence-corrected chi connectivity index (χ2v) is 3.15. The average molecular weight is 222 g/mol. The minimum Gasteiger partial charge on any atom is -0.375 e. The molecule has 5 heteroatoms. The lowest BCUT2D eigenvalue weighted by Gasteiger charge is -2.06. The molecule has 0 aliphatic heterocycles. The van der Waals surface area contributed by atoms with E-state index in [1.54, 1.807) is 0 Å². The van der Waals surface area contributed by atoms with Crippen molar-refractivity contribution in [1.29, 1.82) is 0 Å². The first-order chi connectivity index (χ1) is 7.72. The van der Waals surface area contributed by atoms with E-state index in [0.717, 1.165) is 5.56 Å². The lowest BCUT2D eigenvalue weighted by atomic mass is 10.2. The lowest BCUT2D eigenvalue weighted by Crippen LogP contribution is -2.40. The van der Waals surface area contributed by atoms with E-state index < -0.39 is 11.9 Å². The van der Waals surface area contributed by atoms with E-state index in [0.29, 0.717) is 6.54 Å². The molecule has 0 atom stereocenters. The molecule has 0 saturated heterocycles. The van der Waals surface area contributed by atoms with Crippen LogP contribution in [-0.4, -0.2) is 25.7 Å². The number of urea groups is 1. The summed E-state index contributed by atoms with van der Waals surface area (Å²) in [5.41, 5.74) is 0.969. The van der Waals surface area contributed by atoms with Gasteiger partial charge in [-0.05, 0) is 5.56 Å². The van der Waals surface area contributed by atoms with Crippen LogP contribution in [0.4, 0.5) is 4.79 Å². The smallest absolute Gasteiger partial charge is 0.321 e. The number of benzene rings is 1. The molecule has 16 heavy (non-hydrogen) atoms. The Labute approximate surface area is 93.8 Å². The van der Waals surface area contributed by atoms with Crippen molar-refractivity contribution in [3.05, 3.63) is 35.9 Å². The summed E-state index contributed by atoms with van der Waals surface area (Å²) in [5.74, 6) is -0.465. The van der Waals surface area contributed by atoms with E-state index >= 15 is 0 Å². The Morgan fingerprint density at radius 1 is 1.25 bits per heavy atom. The third kappa shape index (κ3) is 4.56. The van der Waals surface area contributed by atoms with Gasteiger partial charge in [-0.3, -0.25) is 10.1 Å². The molecule has 0 spiro atoms. The molecular formula is C11H14N2O3. The van der Waals surface area contributed by atoms with E-state index in [2.05, 4.69) is 15.4 Å². The maximum atomic E-state index is 11.2. The van der Waals surface area contributed by atoms with Crippen LogP contribution in [0.1, 0.15) is 5.56 Å². The number of hydrogen-bond donors (Lipinski definition) is 2. The van der Waals surface area contributed by atoms with E-state index in [4.69, 9.17) is 0 Å². The van der Waals surface area contributed by atoms with Gasteiger partial charge >= 0.3 is 6.03 Å². The summed E-state index contributed by atoms with van der Waals surface area (Å²) in [6.07, 6.45) is 0. The molecule has 0 fully saturated rings. The summed E-state index contributed by atoms with van der Waals surface area (Å²) < 4.78 is 4.58. The number of ether oxygens (including phenoxy) is 1. The average Bonchev–Trinajstić information content (AvgIpc) is 2.28. The van der Waals surface area contributed by atoms with E-state index in [1.165, 1.54) is 7.11 Å². The molecule has 0 aliphatic carbocycles. The standard InChI is InChI=1S/C11H14N2O3/c1-16-8-10(14)13-11(15)12-7-9-5-3-2-4-6-9/h2-6H,7-8H2,1H3,(H2,12,13,14,15). The Bertz CT molecular complexity index is 352. The normalized spacial score (nSPS) is 9.56. The molecule has 86 valence electrons. The zero-order valence-corrected chi connectivity index (χ0v) is 9.03. The highest BCUT2D eigenvalue weighted by molar-refractivity contribution is 5.94. The van der Waals surface area contributed by atoms with Gasteiger partial charge < -0.3 is 10.1 Å². The van der Waals surface area contributed by atoms with Crippen molar-refractivity contribution in [1.82, 2.24) is 10.6 Å². The van der Waals surface area contributed by atoms with Crippen molar-refractivity contribution in [3.63, 3.8) is 0 Å². The number of carbonyl (C=O) groups excluding carboxylic acids is 2. The number of amides is 3. The molecule has 1 aromatic rings. The van der Waals surface area contributed by atoms with Crippen LogP contribution in [-0.2, 0) is 16.1 Å². The molecule has 0 aromatic heterocycles. The highest BCUT2D eigenvalue weighted by atomic mass is 16.5. The Balaban J connectivity index is 2.28. The van der Waals surface area contributed by atoms with Crippen LogP contribution < -0.4 is 10.6 Å². The minimum atomic E-state index is -0.522. The van der Waals surface area contributed by atoms with Gasteiger partial charge in [0.15, 0.2) is 0 Å². The first-order valence-corrected chi connectivity index (χ1v) is 4.83. The molecule has 3 amide bonds. The first kappa shape index (κ1) is 12.2. The summed E-state index contributed by atoms with van der Waals surface area (Å²) in [5, 5.41) is 4.70. The fraction of sp³-hybridized carbons (Fsp3) is 0.273. The summed E-state index contributed by atoms with van der Waals surface area (Å²) >= 11 is 0. The van der Waals surface area contributed by atoms with Crippen LogP contribution in [0.3, 0.4) is 0 Å². The second-order valence-electron chi connectivity index (χ2n) is 3.15. The fourth-order valence-corrected chi connectivity index (χ4v) is 1.12. The van der Waals surface area contributed by atoms with Crippen molar-refractivity contribution in [2.24, 2.45) is 0 Å². The quantitative estimate of drug-likeness (QED) is 0.786. The van der Waals surface area contributed by atoms with Gasteiger partial charge in [-0.15, -0.1) is 0 Å². The van der Waals surface area contributed by atoms with Crippen molar-refractivity contribution in [3.8, 4) is 0 Å². The maximum absolute atomic E-state index is 11.2. The topological polar surface area (TPSA) is 67.4 Å². The number of rotatable bonds is 4. The zero-order chi connectivity index (χ0) is 11.8. The van der Waals surface area contributed by atoms with Crippen LogP contribution in [0.15, 0.2) is 30.3 Å². The summed E-state index contributed by atoms with van der Waals surface area (Å²) in [6.45, 7) is 0.256. The predicted molar refractivity (Wildman–Crippen MR) is 58.7 cm³/mol. The van der Waals surface area contributed by atoms with E-state index in [-0.39, 0.29) is 6.61 Å². The Hall–Kier alpha value is -1.88. The molecule has 0 radical (unpaired) electrons. The number of methoxy groups -OCH3 is 1. The first-order valence-electron chi connectivity index (χ1n) is 4.83. The van der Waals surface area contributed by atoms with E-state index in [9.17, 15) is 9.59 Å². The lowest BCUT2D eigenvalue weighted by molar-refractivity contribution is -0.123. The van der Waals surface area contributed by atoms with Crippen LogP contribution in [0.25, 0.3) is 0 Å². The van der Waals surface area contributed by atoms with Gasteiger partial charge in [-0.1, -0.05) is 30.3 Å². The summed E-state index contributed by atoms with van der Waals surface area (Å²) in [4.78, 5) is 22.2. The Kier molecular flexibility index (Phi) is 5.01. The molecule has 0 aliphatic rings. The number of nitrogens with one attached hydrogen (secondary N) is 2. The Morgan fingerprint density at radius 2 is 1.94 bits per heavy atom. The summed E-state index contributed by atoms with van der Waals surface area (Å²) in [7, 11) is 1.39. The van der Waals surface area contributed by atoms with E-state index in [1.807, 2.05) is 30.3 Å². The second kappa shape index (κ2) is 6.58. The van der Waals surface area contributed by atoms with Crippen LogP contribution in [0.5, 0.6) is 0 Å². The number of imide groups is 1. The predicted octanol–water partition coefficient (Wildman–Crippen LogP) is 0.659. The third-order valence-corrected chi connectivity index (χ3v) is 1.82.